The largest absolute Gasteiger partial charge is 0.480 e. The zero-order chi connectivity index (χ0) is 45.6. The van der Waals surface area contributed by atoms with Crippen molar-refractivity contribution >= 4 is 25.7 Å². The summed E-state index contributed by atoms with van der Waals surface area (Å²) in [6.45, 7) is 2.68. The lowest BCUT2D eigenvalue weighted by Crippen LogP contribution is -2.34. The highest BCUT2D eigenvalue weighted by atomic mass is 31.2. The van der Waals surface area contributed by atoms with Crippen LogP contribution in [-0.2, 0) is 37.5 Å². The Balaban J connectivity index is 4.34. The molecule has 0 aromatic rings. The first-order chi connectivity index (χ1) is 30.1. The Bertz CT molecular complexity index is 1280. The third kappa shape index (κ3) is 43.8. The van der Waals surface area contributed by atoms with Crippen molar-refractivity contribution in [2.24, 2.45) is 5.73 Å². The second kappa shape index (κ2) is 44.8. The SMILES string of the molecule is CC/C=C\C/C=C\C/C=C\C/C=C\C/C=C\CCCCCC(=O)OC(COC(=O)CCCCCCCCCCCCCCCCCCCCC)COP(=O)(O)OCC(N)C(=O)O. The van der Waals surface area contributed by atoms with Crippen molar-refractivity contribution in [2.45, 2.75) is 219 Å². The molecule has 3 atom stereocenters. The number of esters is 2. The Morgan fingerprint density at radius 1 is 0.516 bits per heavy atom. The molecule has 0 aliphatic heterocycles. The number of carbonyl (C=O) groups is 3. The highest BCUT2D eigenvalue weighted by Crippen LogP contribution is 2.43. The van der Waals surface area contributed by atoms with E-state index in [-0.39, 0.29) is 19.4 Å². The van der Waals surface area contributed by atoms with E-state index in [1.54, 1.807) is 0 Å². The lowest BCUT2D eigenvalue weighted by atomic mass is 10.0. The lowest BCUT2D eigenvalue weighted by molar-refractivity contribution is -0.161. The molecule has 0 fully saturated rings. The number of phosphoric acid groups is 1. The van der Waals surface area contributed by atoms with Crippen molar-refractivity contribution in [1.82, 2.24) is 0 Å². The number of carbonyl (C=O) groups excluding carboxylic acids is 2. The highest BCUT2D eigenvalue weighted by molar-refractivity contribution is 7.47. The van der Waals surface area contributed by atoms with Crippen LogP contribution in [0.3, 0.4) is 0 Å². The quantitative estimate of drug-likeness (QED) is 0.0230. The van der Waals surface area contributed by atoms with Crippen LogP contribution in [0.2, 0.25) is 0 Å². The first-order valence-corrected chi connectivity index (χ1v) is 25.8. The van der Waals surface area contributed by atoms with Gasteiger partial charge in [-0.1, -0.05) is 197 Å². The average Bonchev–Trinajstić information content (AvgIpc) is 3.25. The van der Waals surface area contributed by atoms with Crippen molar-refractivity contribution in [2.75, 3.05) is 19.8 Å². The summed E-state index contributed by atoms with van der Waals surface area (Å²) in [5, 5.41) is 8.91. The molecule has 0 spiro atoms. The van der Waals surface area contributed by atoms with Crippen LogP contribution in [0.25, 0.3) is 0 Å². The molecule has 358 valence electrons. The summed E-state index contributed by atoms with van der Waals surface area (Å²) in [6.07, 6.45) is 52.8. The number of phosphoric ester groups is 1. The van der Waals surface area contributed by atoms with E-state index in [1.807, 2.05) is 0 Å². The summed E-state index contributed by atoms with van der Waals surface area (Å²) >= 11 is 0. The minimum Gasteiger partial charge on any atom is -0.480 e. The first-order valence-electron chi connectivity index (χ1n) is 24.3. The van der Waals surface area contributed by atoms with Crippen molar-refractivity contribution in [3.8, 4) is 0 Å². The van der Waals surface area contributed by atoms with Crippen molar-refractivity contribution in [1.29, 1.82) is 0 Å². The van der Waals surface area contributed by atoms with Gasteiger partial charge >= 0.3 is 25.7 Å². The van der Waals surface area contributed by atoms with E-state index in [0.29, 0.717) is 12.8 Å². The maximum atomic E-state index is 12.7. The number of unbranched alkanes of at least 4 members (excludes halogenated alkanes) is 21. The summed E-state index contributed by atoms with van der Waals surface area (Å²) in [5.41, 5.74) is 5.34. The number of rotatable bonds is 45. The van der Waals surface area contributed by atoms with Crippen LogP contribution < -0.4 is 5.73 Å². The van der Waals surface area contributed by atoms with Gasteiger partial charge in [0.2, 0.25) is 0 Å². The number of allylic oxidation sites excluding steroid dienone is 10. The molecule has 0 bridgehead atoms. The molecule has 62 heavy (non-hydrogen) atoms. The molecule has 4 N–H and O–H groups in total. The zero-order valence-electron chi connectivity index (χ0n) is 38.9. The number of ether oxygens (including phenoxy) is 2. The highest BCUT2D eigenvalue weighted by Gasteiger charge is 2.28. The Labute approximate surface area is 377 Å². The molecule has 12 heteroatoms. The van der Waals surface area contributed by atoms with Crippen molar-refractivity contribution < 1.29 is 47.5 Å². The number of nitrogens with two attached hydrogens (primary N) is 1. The summed E-state index contributed by atoms with van der Waals surface area (Å²) in [5.74, 6) is -2.42. The van der Waals surface area contributed by atoms with Gasteiger partial charge in [-0.3, -0.25) is 23.4 Å². The first kappa shape index (κ1) is 59.2. The van der Waals surface area contributed by atoms with E-state index in [2.05, 4.69) is 79.1 Å². The summed E-state index contributed by atoms with van der Waals surface area (Å²) in [7, 11) is -4.73. The fraction of sp³-hybridized carbons (Fsp3) is 0.740. The smallest absolute Gasteiger partial charge is 0.472 e. The Morgan fingerprint density at radius 2 is 0.903 bits per heavy atom. The molecule has 0 saturated heterocycles. The van der Waals surface area contributed by atoms with Gasteiger partial charge < -0.3 is 25.2 Å². The Hall–Kier alpha value is -2.82. The van der Waals surface area contributed by atoms with Gasteiger partial charge in [-0.05, 0) is 57.8 Å². The molecule has 0 aliphatic rings. The minimum atomic E-state index is -4.73. The predicted octanol–water partition coefficient (Wildman–Crippen LogP) is 13.5. The van der Waals surface area contributed by atoms with Crippen LogP contribution in [0.5, 0.6) is 0 Å². The minimum absolute atomic E-state index is 0.121. The number of hydrogen-bond acceptors (Lipinski definition) is 9. The third-order valence-corrected chi connectivity index (χ3v) is 11.2. The predicted molar refractivity (Wildman–Crippen MR) is 254 cm³/mol. The second-order valence-corrected chi connectivity index (χ2v) is 17.7. The molecule has 3 unspecified atom stereocenters. The van der Waals surface area contributed by atoms with Crippen LogP contribution in [0.1, 0.15) is 206 Å². The van der Waals surface area contributed by atoms with Crippen LogP contribution in [-0.4, -0.2) is 59.9 Å². The van der Waals surface area contributed by atoms with E-state index >= 15 is 0 Å². The topological polar surface area (TPSA) is 172 Å². The molecular formula is C50H88NO10P. The fourth-order valence-electron chi connectivity index (χ4n) is 6.50. The maximum Gasteiger partial charge on any atom is 0.472 e. The van der Waals surface area contributed by atoms with Crippen molar-refractivity contribution in [3.63, 3.8) is 0 Å². The van der Waals surface area contributed by atoms with E-state index in [0.717, 1.165) is 70.6 Å². The Kier molecular flexibility index (Phi) is 42.7. The van der Waals surface area contributed by atoms with Crippen molar-refractivity contribution in [3.05, 3.63) is 60.8 Å². The van der Waals surface area contributed by atoms with Crippen LogP contribution in [0.4, 0.5) is 0 Å². The van der Waals surface area contributed by atoms with Gasteiger partial charge in [0.15, 0.2) is 6.10 Å². The summed E-state index contributed by atoms with van der Waals surface area (Å²) < 4.78 is 32.8. The van der Waals surface area contributed by atoms with E-state index < -0.39 is 51.1 Å². The molecule has 0 rings (SSSR count). The zero-order valence-corrected chi connectivity index (χ0v) is 39.8. The van der Waals surface area contributed by atoms with Gasteiger partial charge in [-0.25, -0.2) is 4.57 Å². The molecule has 0 aromatic heterocycles. The fourth-order valence-corrected chi connectivity index (χ4v) is 7.28. The van der Waals surface area contributed by atoms with Gasteiger partial charge in [0.1, 0.15) is 12.6 Å². The molecule has 0 radical (unpaired) electrons. The maximum absolute atomic E-state index is 12.7. The van der Waals surface area contributed by atoms with E-state index in [4.69, 9.17) is 24.8 Å². The van der Waals surface area contributed by atoms with Gasteiger partial charge in [-0.2, -0.15) is 0 Å². The molecule has 0 amide bonds. The summed E-state index contributed by atoms with van der Waals surface area (Å²) in [6, 6.07) is -1.53. The van der Waals surface area contributed by atoms with Gasteiger partial charge in [0, 0.05) is 12.8 Å². The molecule has 11 nitrogen and oxygen atoms in total. The van der Waals surface area contributed by atoms with E-state index in [9.17, 15) is 23.8 Å². The average molecular weight is 894 g/mol. The molecule has 0 heterocycles. The van der Waals surface area contributed by atoms with Crippen LogP contribution >= 0.6 is 7.82 Å². The number of hydrogen-bond donors (Lipinski definition) is 3. The van der Waals surface area contributed by atoms with Gasteiger partial charge in [0.25, 0.3) is 0 Å². The lowest BCUT2D eigenvalue weighted by Gasteiger charge is -2.20. The van der Waals surface area contributed by atoms with Crippen LogP contribution in [0.15, 0.2) is 60.8 Å². The van der Waals surface area contributed by atoms with E-state index in [1.165, 1.54) is 96.3 Å². The molecule has 0 aliphatic carbocycles. The standard InChI is InChI=1S/C50H88NO10P/c1-3-5-7-9-11-13-15-17-19-21-23-25-27-29-31-33-35-37-39-41-48(52)58-43-46(44-59-62(56,57)60-45-47(51)50(54)55)61-49(53)42-40-38-36-34-32-30-28-26-24-22-20-18-16-14-12-10-8-6-4-2/h6,8,12,14,18,20,24,26,30,32,46-47H,3-5,7,9-11,13,15-17,19,21-23,25,27-29,31,33-45,51H2,1-2H3,(H,54,55)(H,56,57)/b8-6-,14-12-,20-18-,26-24-,32-30-. The van der Waals surface area contributed by atoms with Gasteiger partial charge in [0.05, 0.1) is 13.2 Å². The number of aliphatic carboxylic acids is 1. The third-order valence-electron chi connectivity index (χ3n) is 10.3. The summed E-state index contributed by atoms with van der Waals surface area (Å²) in [4.78, 5) is 46.1. The normalized spacial score (nSPS) is 14.1. The number of carboxylic acid groups (broad SMARTS) is 1. The molecular weight excluding hydrogens is 806 g/mol. The van der Waals surface area contributed by atoms with Crippen LogP contribution in [0, 0.1) is 0 Å². The second-order valence-electron chi connectivity index (χ2n) is 16.2. The molecule has 0 aromatic carbocycles. The number of carboxylic acids is 1. The molecule has 0 saturated carbocycles. The Morgan fingerprint density at radius 3 is 1.35 bits per heavy atom. The van der Waals surface area contributed by atoms with Gasteiger partial charge in [-0.15, -0.1) is 0 Å². The monoisotopic (exact) mass is 894 g/mol.